The Hall–Kier alpha value is -3.68. The normalized spacial score (nSPS) is 20.2. The van der Waals surface area contributed by atoms with Crippen molar-refractivity contribution >= 4 is 23.8 Å². The molecule has 1 aromatic heterocycles. The molecule has 246 valence electrons. The van der Waals surface area contributed by atoms with Crippen molar-refractivity contribution in [2.45, 2.75) is 57.0 Å². The van der Waals surface area contributed by atoms with Gasteiger partial charge in [-0.15, -0.1) is 0 Å². The number of aromatic nitrogens is 1. The van der Waals surface area contributed by atoms with Gasteiger partial charge in [-0.1, -0.05) is 13.0 Å². The average Bonchev–Trinajstić information content (AvgIpc) is 3.31. The first kappa shape index (κ1) is 39.3. The van der Waals surface area contributed by atoms with E-state index in [-0.39, 0.29) is 12.0 Å². The van der Waals surface area contributed by atoms with Crippen LogP contribution in [-0.2, 0) is 30.5 Å². The quantitative estimate of drug-likeness (QED) is 0.415. The number of nitrogens with zero attached hydrogens (tertiary/aromatic N) is 3. The van der Waals surface area contributed by atoms with Crippen molar-refractivity contribution in [3.8, 4) is 0 Å². The number of ether oxygens (including phenoxy) is 1. The Kier molecular flexibility index (Phi) is 15.4. The highest BCUT2D eigenvalue weighted by Gasteiger charge is 2.45. The molecule has 0 aromatic carbocycles. The fourth-order valence-corrected chi connectivity index (χ4v) is 3.92. The molecule has 2 aliphatic rings. The molecule has 0 unspecified atom stereocenters. The van der Waals surface area contributed by atoms with Gasteiger partial charge < -0.3 is 25.0 Å². The van der Waals surface area contributed by atoms with Crippen LogP contribution in [0.1, 0.15) is 25.3 Å². The highest BCUT2D eigenvalue weighted by Crippen LogP contribution is 2.33. The van der Waals surface area contributed by atoms with Gasteiger partial charge in [0.2, 0.25) is 5.91 Å². The minimum absolute atomic E-state index is 0.268. The monoisotopic (exact) mass is 645 g/mol. The number of piperidine rings is 1. The van der Waals surface area contributed by atoms with Crippen LogP contribution in [0.3, 0.4) is 0 Å². The van der Waals surface area contributed by atoms with Gasteiger partial charge in [-0.25, -0.2) is 14.4 Å². The standard InChI is InChI=1S/C17H25N3O2.3C2HF3O2/c1-3-17(21)20-8-6-16(22-2)14-11-19(12-15(14)20)10-13-5-4-7-18-9-13;3*3-2(4,5)1(6)7/h4-5,7,9,14-16H,3,6,8,10-12H2,1-2H3;3*(H,6,7)/t14-,15+,16+;;;/m0.../s1. The molecule has 3 rings (SSSR count). The molecule has 0 aliphatic carbocycles. The second-order valence-corrected chi connectivity index (χ2v) is 8.70. The van der Waals surface area contributed by atoms with Gasteiger partial charge in [0.1, 0.15) is 0 Å². The fraction of sp³-hybridized carbons (Fsp3) is 0.609. The third-order valence-corrected chi connectivity index (χ3v) is 5.72. The van der Waals surface area contributed by atoms with Crippen LogP contribution in [0.5, 0.6) is 0 Å². The van der Waals surface area contributed by atoms with E-state index in [0.717, 1.165) is 32.6 Å². The topological polar surface area (TPSA) is 158 Å². The van der Waals surface area contributed by atoms with Gasteiger partial charge >= 0.3 is 36.4 Å². The molecule has 3 N–H and O–H groups in total. The first-order valence-corrected chi connectivity index (χ1v) is 11.9. The number of aliphatic carboxylic acids is 3. The Morgan fingerprint density at radius 2 is 1.37 bits per heavy atom. The maximum absolute atomic E-state index is 12.2. The minimum Gasteiger partial charge on any atom is -0.475 e. The Morgan fingerprint density at radius 3 is 1.72 bits per heavy atom. The molecule has 11 nitrogen and oxygen atoms in total. The summed E-state index contributed by atoms with van der Waals surface area (Å²) in [5, 5.41) is 21.4. The summed E-state index contributed by atoms with van der Waals surface area (Å²) in [4.78, 5) is 47.6. The zero-order valence-electron chi connectivity index (χ0n) is 22.4. The average molecular weight is 645 g/mol. The molecule has 0 spiro atoms. The highest BCUT2D eigenvalue weighted by atomic mass is 19.4. The van der Waals surface area contributed by atoms with E-state index in [1.165, 1.54) is 5.56 Å². The minimum atomic E-state index is -5.08. The summed E-state index contributed by atoms with van der Waals surface area (Å²) < 4.78 is 101. The maximum Gasteiger partial charge on any atom is 0.490 e. The van der Waals surface area contributed by atoms with E-state index in [2.05, 4.69) is 20.9 Å². The fourth-order valence-electron chi connectivity index (χ4n) is 3.92. The lowest BCUT2D eigenvalue weighted by molar-refractivity contribution is -0.193. The third kappa shape index (κ3) is 14.4. The number of carbonyl (C=O) groups is 4. The number of pyridine rings is 1. The Balaban J connectivity index is 0.000000690. The first-order valence-electron chi connectivity index (χ1n) is 11.9. The van der Waals surface area contributed by atoms with Crippen molar-refractivity contribution in [2.75, 3.05) is 26.7 Å². The van der Waals surface area contributed by atoms with Gasteiger partial charge in [0, 0.05) is 58.0 Å². The Bertz CT molecular complexity index is 996. The number of carbonyl (C=O) groups excluding carboxylic acids is 1. The lowest BCUT2D eigenvalue weighted by Gasteiger charge is -2.41. The summed E-state index contributed by atoms with van der Waals surface area (Å²) in [6, 6.07) is 4.38. The number of methoxy groups -OCH3 is 1. The Labute approximate surface area is 237 Å². The molecule has 1 amide bonds. The van der Waals surface area contributed by atoms with Gasteiger partial charge in [0.05, 0.1) is 12.1 Å². The highest BCUT2D eigenvalue weighted by molar-refractivity contribution is 5.76. The Morgan fingerprint density at radius 1 is 0.907 bits per heavy atom. The number of alkyl halides is 9. The zero-order chi connectivity index (χ0) is 33.8. The number of likely N-dealkylation sites (tertiary alicyclic amines) is 2. The predicted molar refractivity (Wildman–Crippen MR) is 125 cm³/mol. The molecule has 2 fully saturated rings. The summed E-state index contributed by atoms with van der Waals surface area (Å²) in [5.41, 5.74) is 1.23. The van der Waals surface area contributed by atoms with Gasteiger partial charge in [-0.05, 0) is 18.1 Å². The van der Waals surface area contributed by atoms with Crippen LogP contribution in [0.4, 0.5) is 39.5 Å². The lowest BCUT2D eigenvalue weighted by atomic mass is 9.89. The van der Waals surface area contributed by atoms with Gasteiger partial charge in [-0.2, -0.15) is 39.5 Å². The summed E-state index contributed by atoms with van der Waals surface area (Å²) in [7, 11) is 1.79. The van der Waals surface area contributed by atoms with Crippen LogP contribution < -0.4 is 0 Å². The number of amides is 1. The van der Waals surface area contributed by atoms with E-state index in [1.807, 2.05) is 19.2 Å². The third-order valence-electron chi connectivity index (χ3n) is 5.72. The van der Waals surface area contributed by atoms with E-state index in [0.29, 0.717) is 18.4 Å². The predicted octanol–water partition coefficient (Wildman–Crippen LogP) is 3.44. The van der Waals surface area contributed by atoms with Gasteiger partial charge in [0.15, 0.2) is 0 Å². The molecule has 0 radical (unpaired) electrons. The van der Waals surface area contributed by atoms with E-state index >= 15 is 0 Å². The number of carboxylic acid groups (broad SMARTS) is 3. The maximum atomic E-state index is 12.2. The van der Waals surface area contributed by atoms with Crippen LogP contribution in [0.15, 0.2) is 24.5 Å². The second kappa shape index (κ2) is 16.8. The number of rotatable bonds is 4. The van der Waals surface area contributed by atoms with Crippen LogP contribution in [-0.4, -0.2) is 111 Å². The number of fused-ring (bicyclic) bond motifs is 1. The van der Waals surface area contributed by atoms with Crippen LogP contribution in [0.2, 0.25) is 0 Å². The number of hydrogen-bond acceptors (Lipinski definition) is 7. The van der Waals surface area contributed by atoms with Crippen molar-refractivity contribution < 1.29 is 78.7 Å². The van der Waals surface area contributed by atoms with Crippen LogP contribution in [0, 0.1) is 5.92 Å². The van der Waals surface area contributed by atoms with Gasteiger partial charge in [0.25, 0.3) is 0 Å². The molecule has 3 atom stereocenters. The number of hydrogen-bond donors (Lipinski definition) is 3. The molecule has 2 aliphatic heterocycles. The largest absolute Gasteiger partial charge is 0.490 e. The molecular weight excluding hydrogens is 617 g/mol. The zero-order valence-corrected chi connectivity index (χ0v) is 22.4. The smallest absolute Gasteiger partial charge is 0.475 e. The second-order valence-electron chi connectivity index (χ2n) is 8.70. The molecule has 20 heteroatoms. The van der Waals surface area contributed by atoms with E-state index in [4.69, 9.17) is 34.4 Å². The van der Waals surface area contributed by atoms with Crippen molar-refractivity contribution in [3.63, 3.8) is 0 Å². The van der Waals surface area contributed by atoms with Crippen molar-refractivity contribution in [2.24, 2.45) is 5.92 Å². The van der Waals surface area contributed by atoms with Gasteiger partial charge in [-0.3, -0.25) is 14.7 Å². The number of carboxylic acids is 3. The van der Waals surface area contributed by atoms with Crippen LogP contribution >= 0.6 is 0 Å². The molecular formula is C23H28F9N3O8. The first-order chi connectivity index (χ1) is 19.6. The SMILES string of the molecule is CCC(=O)N1CC[C@@H](OC)[C@H]2CN(Cc3cccnc3)C[C@H]21.O=C(O)C(F)(F)F.O=C(O)C(F)(F)F.O=C(O)C(F)(F)F. The summed E-state index contributed by atoms with van der Waals surface area (Å²) in [5.74, 6) is -7.58. The summed E-state index contributed by atoms with van der Waals surface area (Å²) in [6.07, 6.45) is -9.72. The van der Waals surface area contributed by atoms with E-state index in [9.17, 15) is 44.3 Å². The summed E-state index contributed by atoms with van der Waals surface area (Å²) >= 11 is 0. The summed E-state index contributed by atoms with van der Waals surface area (Å²) in [6.45, 7) is 5.59. The van der Waals surface area contributed by atoms with E-state index < -0.39 is 36.4 Å². The van der Waals surface area contributed by atoms with Crippen molar-refractivity contribution in [1.29, 1.82) is 0 Å². The molecule has 1 aromatic rings. The number of halogens is 9. The molecule has 0 bridgehead atoms. The van der Waals surface area contributed by atoms with E-state index in [1.54, 1.807) is 13.3 Å². The molecule has 2 saturated heterocycles. The molecule has 43 heavy (non-hydrogen) atoms. The molecule has 0 saturated carbocycles. The molecule has 3 heterocycles. The van der Waals surface area contributed by atoms with Crippen LogP contribution in [0.25, 0.3) is 0 Å². The lowest BCUT2D eigenvalue weighted by Crippen LogP contribution is -2.53. The van der Waals surface area contributed by atoms with Crippen molar-refractivity contribution in [1.82, 2.24) is 14.8 Å². The van der Waals surface area contributed by atoms with Crippen molar-refractivity contribution in [3.05, 3.63) is 30.1 Å².